The van der Waals surface area contributed by atoms with Crippen LogP contribution in [0.1, 0.15) is 0 Å². The van der Waals surface area contributed by atoms with Gasteiger partial charge in [-0.15, -0.1) is 23.5 Å². The van der Waals surface area contributed by atoms with E-state index in [1.807, 2.05) is 54.1 Å². The Labute approximate surface area is 274 Å². The molecule has 0 spiro atoms. The van der Waals surface area contributed by atoms with E-state index in [1.54, 1.807) is 0 Å². The van der Waals surface area contributed by atoms with E-state index in [0.717, 1.165) is 33.9 Å². The number of hydrogen-bond acceptors (Lipinski definition) is 5. The first-order valence-electron chi connectivity index (χ1n) is 15.4. The first kappa shape index (κ1) is 32.4. The Morgan fingerprint density at radius 1 is 0.477 bits per heavy atom. The number of nitrogens with zero attached hydrogens (tertiary/aromatic N) is 3. The second-order valence-electron chi connectivity index (χ2n) is 13.6. The molecule has 0 saturated heterocycles. The maximum Gasteiger partial charge on any atom is 0.0894 e. The first-order chi connectivity index (χ1) is 21.0. The summed E-state index contributed by atoms with van der Waals surface area (Å²) in [6.07, 6.45) is 3.75. The van der Waals surface area contributed by atoms with Gasteiger partial charge in [0.25, 0.3) is 0 Å². The second kappa shape index (κ2) is 14.4. The molecular formula is C37H43N3S2Si2. The van der Waals surface area contributed by atoms with Crippen molar-refractivity contribution in [2.24, 2.45) is 0 Å². The Morgan fingerprint density at radius 2 is 0.886 bits per heavy atom. The largest absolute Gasteiger partial charge is 0.255 e. The fourth-order valence-corrected chi connectivity index (χ4v) is 11.5. The fraction of sp³-hybridized carbons (Fsp3) is 0.270. The molecule has 0 fully saturated rings. The van der Waals surface area contributed by atoms with Gasteiger partial charge in [0.05, 0.1) is 22.8 Å². The monoisotopic (exact) mass is 649 g/mol. The molecule has 0 unspecified atom stereocenters. The van der Waals surface area contributed by atoms with E-state index in [4.69, 9.17) is 4.98 Å². The van der Waals surface area contributed by atoms with Crippen molar-refractivity contribution in [2.45, 2.75) is 61.2 Å². The smallest absolute Gasteiger partial charge is 0.0894 e. The Kier molecular flexibility index (Phi) is 10.6. The summed E-state index contributed by atoms with van der Waals surface area (Å²) in [5.41, 5.74) is 8.06. The minimum absolute atomic E-state index is 0.842. The summed E-state index contributed by atoms with van der Waals surface area (Å²) in [7, 11) is -2.01. The van der Waals surface area contributed by atoms with Crippen LogP contribution < -0.4 is 0 Å². The summed E-state index contributed by atoms with van der Waals surface area (Å²) >= 11 is 3.92. The summed E-state index contributed by atoms with van der Waals surface area (Å²) < 4.78 is 0. The van der Waals surface area contributed by atoms with Crippen molar-refractivity contribution in [3.63, 3.8) is 0 Å². The van der Waals surface area contributed by atoms with E-state index in [9.17, 15) is 0 Å². The first-order valence-corrected chi connectivity index (χ1v) is 24.8. The van der Waals surface area contributed by atoms with Crippen LogP contribution >= 0.6 is 23.5 Å². The predicted molar refractivity (Wildman–Crippen MR) is 199 cm³/mol. The van der Waals surface area contributed by atoms with Crippen LogP contribution in [0, 0.1) is 0 Å². The van der Waals surface area contributed by atoms with Gasteiger partial charge < -0.3 is 0 Å². The molecule has 0 bridgehead atoms. The maximum absolute atomic E-state index is 4.99. The van der Waals surface area contributed by atoms with Gasteiger partial charge >= 0.3 is 0 Å². The zero-order valence-electron chi connectivity index (χ0n) is 26.8. The topological polar surface area (TPSA) is 38.7 Å². The molecular weight excluding hydrogens is 607 g/mol. The van der Waals surface area contributed by atoms with E-state index in [1.165, 1.54) is 44.5 Å². The molecule has 0 aliphatic carbocycles. The lowest BCUT2D eigenvalue weighted by atomic mass is 10.0. The molecule has 226 valence electrons. The summed E-state index contributed by atoms with van der Waals surface area (Å²) in [5, 5.41) is 0. The van der Waals surface area contributed by atoms with Gasteiger partial charge in [-0.25, -0.2) is 4.98 Å². The van der Waals surface area contributed by atoms with Gasteiger partial charge in [0.2, 0.25) is 0 Å². The molecule has 5 aromatic rings. The lowest BCUT2D eigenvalue weighted by Gasteiger charge is -2.14. The van der Waals surface area contributed by atoms with Crippen LogP contribution in [0.25, 0.3) is 45.0 Å². The van der Waals surface area contributed by atoms with Gasteiger partial charge in [-0.3, -0.25) is 9.97 Å². The zero-order valence-corrected chi connectivity index (χ0v) is 30.4. The predicted octanol–water partition coefficient (Wildman–Crippen LogP) is 11.4. The van der Waals surface area contributed by atoms with Crippen LogP contribution in [0.5, 0.6) is 0 Å². The number of thioether (sulfide) groups is 2. The molecule has 0 aliphatic heterocycles. The molecule has 0 aliphatic rings. The summed E-state index contributed by atoms with van der Waals surface area (Å²) in [5.74, 6) is 2.39. The molecule has 5 rings (SSSR count). The van der Waals surface area contributed by atoms with Crippen molar-refractivity contribution >= 4 is 39.7 Å². The molecule has 0 amide bonds. The van der Waals surface area contributed by atoms with E-state index < -0.39 is 16.1 Å². The van der Waals surface area contributed by atoms with Gasteiger partial charge in [0.15, 0.2) is 0 Å². The van der Waals surface area contributed by atoms with Crippen LogP contribution in [0.2, 0.25) is 51.4 Å². The highest BCUT2D eigenvalue weighted by atomic mass is 32.2. The van der Waals surface area contributed by atoms with Gasteiger partial charge in [0.1, 0.15) is 0 Å². The average molecular weight is 650 g/mol. The molecule has 3 aromatic heterocycles. The highest BCUT2D eigenvalue weighted by Crippen LogP contribution is 2.30. The van der Waals surface area contributed by atoms with Crippen LogP contribution in [-0.2, 0) is 0 Å². The second-order valence-corrected chi connectivity index (χ2v) is 27.2. The van der Waals surface area contributed by atoms with Crippen molar-refractivity contribution in [2.75, 3.05) is 11.5 Å². The molecule has 2 aromatic carbocycles. The van der Waals surface area contributed by atoms with Gasteiger partial charge in [-0.1, -0.05) is 69.6 Å². The zero-order chi connectivity index (χ0) is 31.2. The van der Waals surface area contributed by atoms with Crippen LogP contribution in [0.3, 0.4) is 0 Å². The van der Waals surface area contributed by atoms with Crippen molar-refractivity contribution in [3.8, 4) is 45.0 Å². The molecule has 3 heterocycles. The molecule has 3 nitrogen and oxygen atoms in total. The third kappa shape index (κ3) is 9.51. The lowest BCUT2D eigenvalue weighted by Crippen LogP contribution is -2.19. The summed E-state index contributed by atoms with van der Waals surface area (Å²) in [6.45, 7) is 14.6. The molecule has 0 radical (unpaired) electrons. The fourth-order valence-electron chi connectivity index (χ4n) is 4.66. The highest BCUT2D eigenvalue weighted by molar-refractivity contribution is 7.99. The maximum atomic E-state index is 4.99. The van der Waals surface area contributed by atoms with Gasteiger partial charge in [-0.05, 0) is 107 Å². The average Bonchev–Trinajstić information content (AvgIpc) is 3.01. The van der Waals surface area contributed by atoms with Crippen molar-refractivity contribution in [1.29, 1.82) is 0 Å². The van der Waals surface area contributed by atoms with E-state index in [-0.39, 0.29) is 0 Å². The minimum Gasteiger partial charge on any atom is -0.255 e. The van der Waals surface area contributed by atoms with Gasteiger partial charge in [0, 0.05) is 38.3 Å². The van der Waals surface area contributed by atoms with E-state index in [0.29, 0.717) is 0 Å². The Hall–Kier alpha value is -2.98. The highest BCUT2D eigenvalue weighted by Gasteiger charge is 2.14. The molecule has 0 N–H and O–H groups in total. The summed E-state index contributed by atoms with van der Waals surface area (Å²) in [4.78, 5) is 17.0. The molecule has 0 atom stereocenters. The Morgan fingerprint density at radius 3 is 1.27 bits per heavy atom. The number of benzene rings is 2. The number of rotatable bonds is 12. The normalized spacial score (nSPS) is 12.0. The van der Waals surface area contributed by atoms with E-state index >= 15 is 0 Å². The van der Waals surface area contributed by atoms with Crippen LogP contribution in [0.4, 0.5) is 0 Å². The SMILES string of the molecule is C[Si](C)(C)CCSc1ccc(-c2ccnc(-c3cccc(-c4cc(-c5ccc(SCC[Si](C)(C)C)cc5)ccn4)n3)c2)cc1. The third-order valence-corrected chi connectivity index (χ3v) is 13.7. The molecule has 7 heteroatoms. The quantitative estimate of drug-likeness (QED) is 0.0993. The lowest BCUT2D eigenvalue weighted by molar-refractivity contribution is 1.22. The number of hydrogen-bond donors (Lipinski definition) is 0. The molecule has 0 saturated carbocycles. The summed E-state index contributed by atoms with van der Waals surface area (Å²) in [6, 6.07) is 35.0. The standard InChI is InChI=1S/C37H43N3S2Si2/c1-43(2,3)24-22-41-32-14-10-28(11-15-32)30-18-20-38-36(26-30)34-8-7-9-35(40-34)37-27-31(19-21-39-37)29-12-16-33(17-13-29)42-23-25-44(4,5)6/h7-21,26-27H,22-25H2,1-6H3. The van der Waals surface area contributed by atoms with Crippen molar-refractivity contribution < 1.29 is 0 Å². The van der Waals surface area contributed by atoms with Gasteiger partial charge in [-0.2, -0.15) is 0 Å². The number of pyridine rings is 3. The number of aromatic nitrogens is 3. The van der Waals surface area contributed by atoms with Crippen molar-refractivity contribution in [3.05, 3.63) is 103 Å². The minimum atomic E-state index is -1.01. The van der Waals surface area contributed by atoms with E-state index in [2.05, 4.69) is 122 Å². The Bertz CT molecular complexity index is 1550. The van der Waals surface area contributed by atoms with Crippen LogP contribution in [0.15, 0.2) is 113 Å². The Balaban J connectivity index is 1.29. The molecule has 44 heavy (non-hydrogen) atoms. The van der Waals surface area contributed by atoms with Crippen LogP contribution in [-0.4, -0.2) is 42.6 Å². The van der Waals surface area contributed by atoms with Crippen molar-refractivity contribution in [1.82, 2.24) is 15.0 Å². The third-order valence-electron chi connectivity index (χ3n) is 7.41.